The summed E-state index contributed by atoms with van der Waals surface area (Å²) in [6.45, 7) is 7.64. The molecule has 2 fully saturated rings. The number of nitrogens with one attached hydrogen (secondary N) is 1. The minimum absolute atomic E-state index is 0.264. The second kappa shape index (κ2) is 6.57. The van der Waals surface area contributed by atoms with Crippen molar-refractivity contribution in [3.8, 4) is 0 Å². The van der Waals surface area contributed by atoms with Gasteiger partial charge < -0.3 is 20.1 Å². The van der Waals surface area contributed by atoms with Gasteiger partial charge in [0, 0.05) is 31.9 Å². The first-order chi connectivity index (χ1) is 10.6. The van der Waals surface area contributed by atoms with Gasteiger partial charge in [0.05, 0.1) is 17.8 Å². The number of ether oxygens (including phenoxy) is 1. The Morgan fingerprint density at radius 3 is 2.55 bits per heavy atom. The van der Waals surface area contributed by atoms with Crippen molar-refractivity contribution in [1.29, 1.82) is 0 Å². The fourth-order valence-electron chi connectivity index (χ4n) is 3.53. The molecule has 122 valence electrons. The standard InChI is InChI=1S/C18H28N2O2/c1-14-11-20(12-15(2)22-14)17-7-4-3-6-16(17)10-19-13-18(21)8-5-9-18/h3-4,6-7,14-15,19,21H,5,8-13H2,1-2H3. The summed E-state index contributed by atoms with van der Waals surface area (Å²) in [5.41, 5.74) is 2.13. The zero-order chi connectivity index (χ0) is 15.6. The van der Waals surface area contributed by atoms with Crippen molar-refractivity contribution >= 4 is 5.69 Å². The molecular weight excluding hydrogens is 276 g/mol. The molecule has 22 heavy (non-hydrogen) atoms. The molecule has 1 saturated heterocycles. The highest BCUT2D eigenvalue weighted by Crippen LogP contribution is 2.31. The topological polar surface area (TPSA) is 44.7 Å². The lowest BCUT2D eigenvalue weighted by molar-refractivity contribution is -0.0314. The molecule has 0 spiro atoms. The van der Waals surface area contributed by atoms with Gasteiger partial charge in [-0.3, -0.25) is 0 Å². The molecule has 4 heteroatoms. The van der Waals surface area contributed by atoms with Gasteiger partial charge >= 0.3 is 0 Å². The Bertz CT molecular complexity index is 492. The Balaban J connectivity index is 1.64. The van der Waals surface area contributed by atoms with Crippen molar-refractivity contribution in [3.63, 3.8) is 0 Å². The highest BCUT2D eigenvalue weighted by molar-refractivity contribution is 5.54. The van der Waals surface area contributed by atoms with Crippen LogP contribution in [-0.2, 0) is 11.3 Å². The van der Waals surface area contributed by atoms with Crippen LogP contribution in [0.1, 0.15) is 38.7 Å². The largest absolute Gasteiger partial charge is 0.389 e. The van der Waals surface area contributed by atoms with Crippen molar-refractivity contribution in [2.24, 2.45) is 0 Å². The van der Waals surface area contributed by atoms with Gasteiger partial charge in [-0.05, 0) is 44.7 Å². The van der Waals surface area contributed by atoms with E-state index in [1.807, 2.05) is 0 Å². The lowest BCUT2D eigenvalue weighted by Gasteiger charge is -2.38. The van der Waals surface area contributed by atoms with E-state index in [1.165, 1.54) is 11.3 Å². The fraction of sp³-hybridized carbons (Fsp3) is 0.667. The molecule has 2 unspecified atom stereocenters. The van der Waals surface area contributed by atoms with Gasteiger partial charge in [0.25, 0.3) is 0 Å². The molecule has 0 aromatic heterocycles. The van der Waals surface area contributed by atoms with Gasteiger partial charge in [-0.2, -0.15) is 0 Å². The van der Waals surface area contributed by atoms with Gasteiger partial charge in [-0.1, -0.05) is 18.2 Å². The van der Waals surface area contributed by atoms with E-state index in [9.17, 15) is 5.11 Å². The third kappa shape index (κ3) is 3.62. The van der Waals surface area contributed by atoms with E-state index in [2.05, 4.69) is 48.3 Å². The molecular formula is C18H28N2O2. The number of benzene rings is 1. The Morgan fingerprint density at radius 2 is 1.91 bits per heavy atom. The van der Waals surface area contributed by atoms with Crippen LogP contribution in [0, 0.1) is 0 Å². The number of anilines is 1. The number of para-hydroxylation sites is 1. The second-order valence-corrected chi connectivity index (χ2v) is 6.97. The first-order valence-corrected chi connectivity index (χ1v) is 8.47. The predicted molar refractivity (Wildman–Crippen MR) is 89.2 cm³/mol. The van der Waals surface area contributed by atoms with E-state index in [1.54, 1.807) is 0 Å². The molecule has 0 bridgehead atoms. The van der Waals surface area contributed by atoms with Crippen LogP contribution in [0.5, 0.6) is 0 Å². The SMILES string of the molecule is CC1CN(c2ccccc2CNCC2(O)CCC2)CC(C)O1. The third-order valence-corrected chi connectivity index (χ3v) is 4.81. The van der Waals surface area contributed by atoms with Crippen LogP contribution in [0.3, 0.4) is 0 Å². The van der Waals surface area contributed by atoms with Crippen molar-refractivity contribution in [1.82, 2.24) is 5.32 Å². The van der Waals surface area contributed by atoms with E-state index < -0.39 is 5.60 Å². The molecule has 2 N–H and O–H groups in total. The molecule has 3 rings (SSSR count). The maximum absolute atomic E-state index is 10.2. The van der Waals surface area contributed by atoms with Crippen LogP contribution in [0.4, 0.5) is 5.69 Å². The average molecular weight is 304 g/mol. The maximum atomic E-state index is 10.2. The van der Waals surface area contributed by atoms with Crippen molar-refractivity contribution in [2.75, 3.05) is 24.5 Å². The molecule has 2 aliphatic rings. The van der Waals surface area contributed by atoms with E-state index in [0.717, 1.165) is 38.9 Å². The normalized spacial score (nSPS) is 27.5. The fourth-order valence-corrected chi connectivity index (χ4v) is 3.53. The Labute approximate surface area is 133 Å². The second-order valence-electron chi connectivity index (χ2n) is 6.97. The molecule has 1 heterocycles. The van der Waals surface area contributed by atoms with E-state index in [0.29, 0.717) is 6.54 Å². The molecule has 1 aromatic carbocycles. The lowest BCUT2D eigenvalue weighted by Crippen LogP contribution is -2.47. The van der Waals surface area contributed by atoms with Crippen molar-refractivity contribution < 1.29 is 9.84 Å². The minimum Gasteiger partial charge on any atom is -0.389 e. The monoisotopic (exact) mass is 304 g/mol. The summed E-state index contributed by atoms with van der Waals surface area (Å²) >= 11 is 0. The van der Waals surface area contributed by atoms with Crippen molar-refractivity contribution in [2.45, 2.75) is 57.5 Å². The average Bonchev–Trinajstić information content (AvgIpc) is 2.45. The van der Waals surface area contributed by atoms with Gasteiger partial charge in [0.1, 0.15) is 0 Å². The lowest BCUT2D eigenvalue weighted by atomic mass is 9.80. The van der Waals surface area contributed by atoms with Crippen LogP contribution in [0.2, 0.25) is 0 Å². The number of hydrogen-bond acceptors (Lipinski definition) is 4. The van der Waals surface area contributed by atoms with Gasteiger partial charge in [-0.15, -0.1) is 0 Å². The minimum atomic E-state index is -0.461. The zero-order valence-corrected chi connectivity index (χ0v) is 13.7. The summed E-state index contributed by atoms with van der Waals surface area (Å²) in [6, 6.07) is 8.56. The Kier molecular flexibility index (Phi) is 4.71. The van der Waals surface area contributed by atoms with E-state index in [4.69, 9.17) is 4.74 Å². The Morgan fingerprint density at radius 1 is 1.23 bits per heavy atom. The molecule has 1 aromatic rings. The Hall–Kier alpha value is -1.10. The molecule has 2 atom stereocenters. The summed E-state index contributed by atoms with van der Waals surface area (Å²) in [5, 5.41) is 13.6. The molecule has 1 saturated carbocycles. The first-order valence-electron chi connectivity index (χ1n) is 8.47. The van der Waals surface area contributed by atoms with Crippen LogP contribution >= 0.6 is 0 Å². The summed E-state index contributed by atoms with van der Waals surface area (Å²) in [4.78, 5) is 2.42. The molecule has 0 radical (unpaired) electrons. The molecule has 1 aliphatic carbocycles. The van der Waals surface area contributed by atoms with Crippen molar-refractivity contribution in [3.05, 3.63) is 29.8 Å². The number of nitrogens with zero attached hydrogens (tertiary/aromatic N) is 1. The van der Waals surface area contributed by atoms with Crippen LogP contribution in [0.15, 0.2) is 24.3 Å². The van der Waals surface area contributed by atoms with E-state index >= 15 is 0 Å². The molecule has 4 nitrogen and oxygen atoms in total. The summed E-state index contributed by atoms with van der Waals surface area (Å²) in [5.74, 6) is 0. The highest BCUT2D eigenvalue weighted by atomic mass is 16.5. The van der Waals surface area contributed by atoms with Gasteiger partial charge in [0.2, 0.25) is 0 Å². The number of morpholine rings is 1. The molecule has 0 amide bonds. The third-order valence-electron chi connectivity index (χ3n) is 4.81. The quantitative estimate of drug-likeness (QED) is 0.876. The van der Waals surface area contributed by atoms with Gasteiger partial charge in [-0.25, -0.2) is 0 Å². The number of rotatable bonds is 5. The first kappa shape index (κ1) is 15.8. The number of hydrogen-bond donors (Lipinski definition) is 2. The summed E-state index contributed by atoms with van der Waals surface area (Å²) in [6.07, 6.45) is 3.54. The summed E-state index contributed by atoms with van der Waals surface area (Å²) < 4.78 is 5.84. The zero-order valence-electron chi connectivity index (χ0n) is 13.7. The van der Waals surface area contributed by atoms with Crippen LogP contribution < -0.4 is 10.2 Å². The smallest absolute Gasteiger partial charge is 0.0771 e. The predicted octanol–water partition coefficient (Wildman–Crippen LogP) is 2.30. The maximum Gasteiger partial charge on any atom is 0.0771 e. The number of aliphatic hydroxyl groups is 1. The highest BCUT2D eigenvalue weighted by Gasteiger charge is 2.33. The van der Waals surface area contributed by atoms with E-state index in [-0.39, 0.29) is 12.2 Å². The van der Waals surface area contributed by atoms with Crippen LogP contribution in [-0.4, -0.2) is 42.5 Å². The summed E-state index contributed by atoms with van der Waals surface area (Å²) in [7, 11) is 0. The molecule has 1 aliphatic heterocycles. The van der Waals surface area contributed by atoms with Crippen LogP contribution in [0.25, 0.3) is 0 Å². The van der Waals surface area contributed by atoms with Gasteiger partial charge in [0.15, 0.2) is 0 Å².